The quantitative estimate of drug-likeness (QED) is 0.473. The Bertz CT molecular complexity index is 157. The molecule has 2 rings (SSSR count). The number of carbonyl (C=O) groups excluding carboxylic acids is 1. The van der Waals surface area contributed by atoms with Gasteiger partial charge in [0.2, 0.25) is 5.91 Å². The monoisotopic (exact) mass is 126 g/mol. The normalized spacial score (nSPS) is 46.4. The first kappa shape index (κ1) is 5.23. The number of nitrogens with zero attached hydrogens (tertiary/aromatic N) is 1. The van der Waals surface area contributed by atoms with Gasteiger partial charge in [-0.25, -0.2) is 0 Å². The van der Waals surface area contributed by atoms with Crippen molar-refractivity contribution in [3.8, 4) is 0 Å². The lowest BCUT2D eigenvalue weighted by molar-refractivity contribution is -0.121. The number of carbonyl (C=O) groups is 1. The summed E-state index contributed by atoms with van der Waals surface area (Å²) < 4.78 is 0. The van der Waals surface area contributed by atoms with Gasteiger partial charge >= 0.3 is 0 Å². The van der Waals surface area contributed by atoms with Crippen molar-refractivity contribution in [1.82, 2.24) is 4.90 Å². The largest absolute Gasteiger partial charge is 0.368 e. The minimum absolute atomic E-state index is 0.0787. The molecule has 3 heteroatoms. The van der Waals surface area contributed by atoms with Gasteiger partial charge in [0.15, 0.2) is 0 Å². The van der Waals surface area contributed by atoms with E-state index in [2.05, 4.69) is 4.90 Å². The van der Waals surface area contributed by atoms with Crippen LogP contribution in [0.5, 0.6) is 0 Å². The summed E-state index contributed by atoms with van der Waals surface area (Å²) in [6, 6.07) is 0.789. The van der Waals surface area contributed by atoms with Crippen LogP contribution in [0.4, 0.5) is 0 Å². The maximum atomic E-state index is 10.6. The fourth-order valence-corrected chi connectivity index (χ4v) is 1.66. The molecule has 1 amide bonds. The highest BCUT2D eigenvalue weighted by molar-refractivity contribution is 5.80. The van der Waals surface area contributed by atoms with Gasteiger partial charge in [0.05, 0.1) is 6.04 Å². The SMILES string of the molecule is NC(=O)[C@@H]1CCC2CN21. The van der Waals surface area contributed by atoms with Crippen LogP contribution in [-0.4, -0.2) is 29.4 Å². The zero-order chi connectivity index (χ0) is 6.43. The standard InChI is InChI=1S/C6H10N2O/c7-6(9)5-2-1-4-3-8(4)5/h4-5H,1-3H2,(H2,7,9)/t4?,5-,8?/m0/s1. The Balaban J connectivity index is 2.06. The number of primary amides is 1. The van der Waals surface area contributed by atoms with Crippen molar-refractivity contribution < 1.29 is 4.79 Å². The molecule has 50 valence electrons. The predicted molar refractivity (Wildman–Crippen MR) is 32.7 cm³/mol. The third-order valence-electron chi connectivity index (χ3n) is 2.26. The van der Waals surface area contributed by atoms with Crippen LogP contribution >= 0.6 is 0 Å². The van der Waals surface area contributed by atoms with Gasteiger partial charge in [0.1, 0.15) is 0 Å². The van der Waals surface area contributed by atoms with Crippen molar-refractivity contribution in [3.63, 3.8) is 0 Å². The number of piperidine rings is 1. The average Bonchev–Trinajstić information content (AvgIpc) is 2.43. The maximum absolute atomic E-state index is 10.6. The van der Waals surface area contributed by atoms with Crippen LogP contribution in [-0.2, 0) is 4.79 Å². The van der Waals surface area contributed by atoms with Gasteiger partial charge in [-0.2, -0.15) is 0 Å². The van der Waals surface area contributed by atoms with Gasteiger partial charge in [0.25, 0.3) is 0 Å². The highest BCUT2D eigenvalue weighted by Gasteiger charge is 2.47. The number of fused-ring (bicyclic) bond motifs is 1. The molecule has 3 nitrogen and oxygen atoms in total. The van der Waals surface area contributed by atoms with E-state index < -0.39 is 0 Å². The first-order valence-corrected chi connectivity index (χ1v) is 3.34. The van der Waals surface area contributed by atoms with Crippen LogP contribution in [0.3, 0.4) is 0 Å². The molecule has 0 aromatic carbocycles. The second-order valence-electron chi connectivity index (χ2n) is 2.85. The Hall–Kier alpha value is -0.570. The molecular weight excluding hydrogens is 116 g/mol. The Morgan fingerprint density at radius 2 is 2.33 bits per heavy atom. The molecule has 2 saturated heterocycles. The van der Waals surface area contributed by atoms with Crippen LogP contribution in [0, 0.1) is 0 Å². The van der Waals surface area contributed by atoms with Crippen LogP contribution in [0.2, 0.25) is 0 Å². The molecule has 2 heterocycles. The van der Waals surface area contributed by atoms with E-state index in [4.69, 9.17) is 5.73 Å². The summed E-state index contributed by atoms with van der Waals surface area (Å²) in [7, 11) is 0. The smallest absolute Gasteiger partial charge is 0.234 e. The summed E-state index contributed by atoms with van der Waals surface area (Å²) in [5.74, 6) is -0.144. The molecule has 2 aliphatic heterocycles. The summed E-state index contributed by atoms with van der Waals surface area (Å²) in [5, 5.41) is 0. The molecule has 2 N–H and O–H groups in total. The van der Waals surface area contributed by atoms with Crippen molar-refractivity contribution in [2.75, 3.05) is 6.54 Å². The number of hydrogen-bond donors (Lipinski definition) is 1. The van der Waals surface area contributed by atoms with E-state index in [1.54, 1.807) is 0 Å². The van der Waals surface area contributed by atoms with Crippen molar-refractivity contribution in [3.05, 3.63) is 0 Å². The van der Waals surface area contributed by atoms with Crippen molar-refractivity contribution in [2.45, 2.75) is 24.9 Å². The number of hydrogen-bond acceptors (Lipinski definition) is 2. The Morgan fingerprint density at radius 3 is 2.56 bits per heavy atom. The van der Waals surface area contributed by atoms with E-state index in [0.717, 1.165) is 13.0 Å². The van der Waals surface area contributed by atoms with Crippen LogP contribution < -0.4 is 5.73 Å². The first-order valence-electron chi connectivity index (χ1n) is 3.34. The number of rotatable bonds is 1. The van der Waals surface area contributed by atoms with Crippen LogP contribution in [0.15, 0.2) is 0 Å². The van der Waals surface area contributed by atoms with E-state index in [1.165, 1.54) is 6.42 Å². The average molecular weight is 126 g/mol. The van der Waals surface area contributed by atoms with E-state index in [0.29, 0.717) is 6.04 Å². The minimum Gasteiger partial charge on any atom is -0.368 e. The molecule has 0 aromatic heterocycles. The first-order chi connectivity index (χ1) is 4.29. The second-order valence-corrected chi connectivity index (χ2v) is 2.85. The molecule has 9 heavy (non-hydrogen) atoms. The van der Waals surface area contributed by atoms with Crippen LogP contribution in [0.25, 0.3) is 0 Å². The predicted octanol–water partition coefficient (Wildman–Crippen LogP) is -0.682. The third kappa shape index (κ3) is 0.645. The topological polar surface area (TPSA) is 46.1 Å². The van der Waals surface area contributed by atoms with Gasteiger partial charge < -0.3 is 5.73 Å². The summed E-state index contributed by atoms with van der Waals surface area (Å²) >= 11 is 0. The zero-order valence-electron chi connectivity index (χ0n) is 5.21. The molecule has 0 aromatic rings. The fraction of sp³-hybridized carbons (Fsp3) is 0.833. The lowest BCUT2D eigenvalue weighted by atomic mass is 10.2. The van der Waals surface area contributed by atoms with Gasteiger partial charge in [-0.15, -0.1) is 0 Å². The van der Waals surface area contributed by atoms with Crippen LogP contribution in [0.1, 0.15) is 12.8 Å². The highest BCUT2D eigenvalue weighted by Crippen LogP contribution is 2.34. The molecule has 0 bridgehead atoms. The van der Waals surface area contributed by atoms with E-state index >= 15 is 0 Å². The minimum atomic E-state index is -0.144. The Morgan fingerprint density at radius 1 is 1.56 bits per heavy atom. The number of amides is 1. The summed E-state index contributed by atoms with van der Waals surface area (Å²) in [6.07, 6.45) is 2.16. The molecule has 2 unspecified atom stereocenters. The van der Waals surface area contributed by atoms with Crippen molar-refractivity contribution in [1.29, 1.82) is 0 Å². The van der Waals surface area contributed by atoms with E-state index in [9.17, 15) is 4.79 Å². The molecule has 0 saturated carbocycles. The molecule has 2 aliphatic rings. The van der Waals surface area contributed by atoms with Crippen molar-refractivity contribution in [2.24, 2.45) is 5.73 Å². The molecule has 0 spiro atoms. The lowest BCUT2D eigenvalue weighted by Gasteiger charge is -2.05. The number of nitrogens with two attached hydrogens (primary N) is 1. The Labute approximate surface area is 53.8 Å². The third-order valence-corrected chi connectivity index (χ3v) is 2.26. The fourth-order valence-electron chi connectivity index (χ4n) is 1.66. The van der Waals surface area contributed by atoms with E-state index in [1.807, 2.05) is 0 Å². The lowest BCUT2D eigenvalue weighted by Crippen LogP contribution is -2.32. The molecule has 3 atom stereocenters. The van der Waals surface area contributed by atoms with E-state index in [-0.39, 0.29) is 11.9 Å². The summed E-state index contributed by atoms with van der Waals surface area (Å²) in [6.45, 7) is 1.10. The summed E-state index contributed by atoms with van der Waals surface area (Å²) in [4.78, 5) is 12.8. The summed E-state index contributed by atoms with van der Waals surface area (Å²) in [5.41, 5.74) is 5.13. The molecule has 2 fully saturated rings. The second kappa shape index (κ2) is 1.48. The molecule has 0 radical (unpaired) electrons. The zero-order valence-corrected chi connectivity index (χ0v) is 5.21. The Kier molecular flexibility index (Phi) is 0.858. The maximum Gasteiger partial charge on any atom is 0.234 e. The molecule has 0 aliphatic carbocycles. The van der Waals surface area contributed by atoms with Gasteiger partial charge in [-0.3, -0.25) is 9.69 Å². The van der Waals surface area contributed by atoms with Gasteiger partial charge in [0, 0.05) is 12.6 Å². The molecular formula is C6H10N2O. The van der Waals surface area contributed by atoms with Gasteiger partial charge in [-0.05, 0) is 12.8 Å². The van der Waals surface area contributed by atoms with Crippen molar-refractivity contribution >= 4 is 5.91 Å². The highest BCUT2D eigenvalue weighted by atomic mass is 16.1. The van der Waals surface area contributed by atoms with Gasteiger partial charge in [-0.1, -0.05) is 0 Å².